The summed E-state index contributed by atoms with van der Waals surface area (Å²) in [6, 6.07) is 24.7. The number of methoxy groups -OCH3 is 3. The largest absolute Gasteiger partial charge is 0.497 e. The van der Waals surface area contributed by atoms with Gasteiger partial charge in [-0.1, -0.05) is 11.6 Å². The van der Waals surface area contributed by atoms with E-state index < -0.39 is 18.0 Å². The second kappa shape index (κ2) is 12.8. The maximum atomic E-state index is 13.1. The molecule has 0 radical (unpaired) electrons. The lowest BCUT2D eigenvalue weighted by Gasteiger charge is -2.16. The highest BCUT2D eigenvalue weighted by Crippen LogP contribution is 2.33. The van der Waals surface area contributed by atoms with Crippen LogP contribution in [0, 0.1) is 0 Å². The van der Waals surface area contributed by atoms with Crippen LogP contribution in [0.5, 0.6) is 17.2 Å². The second-order valence-corrected chi connectivity index (χ2v) is 9.90. The fraction of sp³-hybridized carbons (Fsp3) is 0.152. The Labute approximate surface area is 253 Å². The van der Waals surface area contributed by atoms with Gasteiger partial charge in [-0.05, 0) is 91.9 Å². The van der Waals surface area contributed by atoms with Gasteiger partial charge in [0.1, 0.15) is 17.2 Å². The number of benzene rings is 4. The van der Waals surface area contributed by atoms with Crippen LogP contribution in [0.15, 0.2) is 84.9 Å². The Balaban J connectivity index is 1.44. The number of carbonyl (C=O) groups excluding carboxylic acids is 2. The van der Waals surface area contributed by atoms with E-state index in [1.54, 1.807) is 50.6 Å². The topological polar surface area (TPSA) is 109 Å². The van der Waals surface area contributed by atoms with Crippen LogP contribution < -0.4 is 19.5 Å². The van der Waals surface area contributed by atoms with Crippen molar-refractivity contribution >= 4 is 40.2 Å². The first-order valence-corrected chi connectivity index (χ1v) is 13.6. The summed E-state index contributed by atoms with van der Waals surface area (Å²) in [5.41, 5.74) is 4.60. The number of anilines is 1. The van der Waals surface area contributed by atoms with Crippen LogP contribution in [-0.2, 0) is 9.53 Å². The Morgan fingerprint density at radius 2 is 1.30 bits per heavy atom. The summed E-state index contributed by atoms with van der Waals surface area (Å²) >= 11 is 6.06. The Kier molecular flexibility index (Phi) is 8.73. The van der Waals surface area contributed by atoms with Gasteiger partial charge in [-0.15, -0.1) is 0 Å². The Morgan fingerprint density at radius 3 is 1.86 bits per heavy atom. The molecule has 10 heteroatoms. The van der Waals surface area contributed by atoms with Crippen LogP contribution >= 0.6 is 11.6 Å². The minimum atomic E-state index is -1.11. The zero-order valence-corrected chi connectivity index (χ0v) is 24.6. The third kappa shape index (κ3) is 6.52. The van der Waals surface area contributed by atoms with Gasteiger partial charge in [0, 0.05) is 16.1 Å². The van der Waals surface area contributed by atoms with Crippen molar-refractivity contribution in [3.05, 3.63) is 95.5 Å². The number of hydrogen-bond acceptors (Lipinski definition) is 8. The lowest BCUT2D eigenvalue weighted by molar-refractivity contribution is -0.123. The molecule has 1 amide bonds. The van der Waals surface area contributed by atoms with Crippen LogP contribution in [-0.4, -0.2) is 49.3 Å². The van der Waals surface area contributed by atoms with E-state index in [1.165, 1.54) is 14.0 Å². The predicted octanol–water partition coefficient (Wildman–Crippen LogP) is 6.83. The molecule has 5 aromatic rings. The molecular weight excluding hydrogens is 570 g/mol. The van der Waals surface area contributed by atoms with E-state index in [2.05, 4.69) is 5.32 Å². The molecule has 0 aliphatic carbocycles. The van der Waals surface area contributed by atoms with Crippen LogP contribution in [0.2, 0.25) is 5.02 Å². The lowest BCUT2D eigenvalue weighted by Crippen LogP contribution is -2.30. The van der Waals surface area contributed by atoms with Crippen molar-refractivity contribution < 1.29 is 28.5 Å². The zero-order chi connectivity index (χ0) is 30.5. The van der Waals surface area contributed by atoms with Crippen LogP contribution in [0.25, 0.3) is 33.5 Å². The van der Waals surface area contributed by atoms with Crippen molar-refractivity contribution in [3.8, 4) is 39.8 Å². The number of nitrogens with zero attached hydrogens (tertiary/aromatic N) is 2. The smallest absolute Gasteiger partial charge is 0.338 e. The number of ether oxygens (including phenoxy) is 4. The molecule has 43 heavy (non-hydrogen) atoms. The van der Waals surface area contributed by atoms with Gasteiger partial charge >= 0.3 is 5.97 Å². The molecule has 1 unspecified atom stereocenters. The SMILES string of the molecule is COc1ccc(-c2nc3ccc(C(=O)OC(C)C(=O)Nc4cc(Cl)ccc4OC)cc3nc2-c2ccc(OC)cc2)cc1. The molecule has 0 spiro atoms. The third-order valence-corrected chi connectivity index (χ3v) is 6.93. The summed E-state index contributed by atoms with van der Waals surface area (Å²) in [6.07, 6.45) is -1.11. The second-order valence-electron chi connectivity index (χ2n) is 9.46. The normalized spacial score (nSPS) is 11.5. The maximum Gasteiger partial charge on any atom is 0.338 e. The molecule has 4 aromatic carbocycles. The first-order chi connectivity index (χ1) is 20.8. The molecule has 0 aliphatic rings. The number of nitrogens with one attached hydrogen (secondary N) is 1. The molecule has 1 heterocycles. The molecule has 0 aliphatic heterocycles. The molecule has 1 aromatic heterocycles. The Hall–Kier alpha value is -5.15. The molecule has 218 valence electrons. The van der Waals surface area contributed by atoms with E-state index in [0.29, 0.717) is 44.6 Å². The maximum absolute atomic E-state index is 13.1. The highest BCUT2D eigenvalue weighted by Gasteiger charge is 2.22. The van der Waals surface area contributed by atoms with Crippen molar-refractivity contribution in [2.24, 2.45) is 0 Å². The molecule has 1 atom stereocenters. The molecule has 0 saturated carbocycles. The Morgan fingerprint density at radius 1 is 0.721 bits per heavy atom. The molecule has 0 fully saturated rings. The molecular formula is C33H28ClN3O6. The fourth-order valence-electron chi connectivity index (χ4n) is 4.38. The molecule has 9 nitrogen and oxygen atoms in total. The van der Waals surface area contributed by atoms with Gasteiger partial charge < -0.3 is 24.3 Å². The van der Waals surface area contributed by atoms with Gasteiger partial charge in [0.05, 0.1) is 55.0 Å². The van der Waals surface area contributed by atoms with Crippen molar-refractivity contribution in [2.75, 3.05) is 26.6 Å². The average molecular weight is 598 g/mol. The van der Waals surface area contributed by atoms with E-state index in [-0.39, 0.29) is 5.56 Å². The van der Waals surface area contributed by atoms with E-state index in [1.807, 2.05) is 48.5 Å². The first-order valence-electron chi connectivity index (χ1n) is 13.3. The standard InChI is InChI=1S/C33H28ClN3O6/c1-19(32(38)37-28-18-23(34)10-16-29(28)42-4)43-33(39)22-9-15-26-27(17-22)36-31(21-7-13-25(41-3)14-8-21)30(35-26)20-5-11-24(40-2)12-6-20/h5-19H,1-4H3,(H,37,38). The van der Waals surface area contributed by atoms with Crippen LogP contribution in [0.1, 0.15) is 17.3 Å². The number of carbonyl (C=O) groups is 2. The van der Waals surface area contributed by atoms with Crippen LogP contribution in [0.4, 0.5) is 5.69 Å². The highest BCUT2D eigenvalue weighted by molar-refractivity contribution is 6.31. The van der Waals surface area contributed by atoms with Gasteiger partial charge in [-0.25, -0.2) is 14.8 Å². The van der Waals surface area contributed by atoms with E-state index in [0.717, 1.165) is 16.9 Å². The van der Waals surface area contributed by atoms with Gasteiger partial charge in [0.2, 0.25) is 0 Å². The summed E-state index contributed by atoms with van der Waals surface area (Å²) in [7, 11) is 4.69. The highest BCUT2D eigenvalue weighted by atomic mass is 35.5. The summed E-state index contributed by atoms with van der Waals surface area (Å²) in [6.45, 7) is 1.48. The van der Waals surface area contributed by atoms with Gasteiger partial charge in [-0.2, -0.15) is 0 Å². The molecule has 5 rings (SSSR count). The number of rotatable bonds is 9. The zero-order valence-electron chi connectivity index (χ0n) is 23.9. The average Bonchev–Trinajstić information content (AvgIpc) is 3.04. The summed E-state index contributed by atoms with van der Waals surface area (Å²) in [5, 5.41) is 3.11. The summed E-state index contributed by atoms with van der Waals surface area (Å²) in [5.74, 6) is 0.628. The van der Waals surface area contributed by atoms with Crippen LogP contribution in [0.3, 0.4) is 0 Å². The molecule has 0 bridgehead atoms. The predicted molar refractivity (Wildman–Crippen MR) is 165 cm³/mol. The minimum absolute atomic E-state index is 0.222. The van der Waals surface area contributed by atoms with E-state index in [9.17, 15) is 9.59 Å². The number of halogens is 1. The van der Waals surface area contributed by atoms with Gasteiger partial charge in [0.25, 0.3) is 5.91 Å². The third-order valence-electron chi connectivity index (χ3n) is 6.70. The number of fused-ring (bicyclic) bond motifs is 1. The minimum Gasteiger partial charge on any atom is -0.497 e. The number of hydrogen-bond donors (Lipinski definition) is 1. The van der Waals surface area contributed by atoms with Gasteiger partial charge in [-0.3, -0.25) is 4.79 Å². The monoisotopic (exact) mass is 597 g/mol. The lowest BCUT2D eigenvalue weighted by atomic mass is 10.0. The van der Waals surface area contributed by atoms with Crippen molar-refractivity contribution in [1.82, 2.24) is 9.97 Å². The summed E-state index contributed by atoms with van der Waals surface area (Å²) < 4.78 is 21.4. The fourth-order valence-corrected chi connectivity index (χ4v) is 4.55. The quantitative estimate of drug-likeness (QED) is 0.184. The van der Waals surface area contributed by atoms with Crippen molar-refractivity contribution in [3.63, 3.8) is 0 Å². The van der Waals surface area contributed by atoms with E-state index >= 15 is 0 Å². The van der Waals surface area contributed by atoms with E-state index in [4.69, 9.17) is 40.5 Å². The number of esters is 1. The molecule has 0 saturated heterocycles. The van der Waals surface area contributed by atoms with Gasteiger partial charge in [0.15, 0.2) is 6.10 Å². The number of aromatic nitrogens is 2. The Bertz CT molecular complexity index is 1790. The van der Waals surface area contributed by atoms with Crippen molar-refractivity contribution in [1.29, 1.82) is 0 Å². The first kappa shape index (κ1) is 29.3. The molecule has 1 N–H and O–H groups in total. The summed E-state index contributed by atoms with van der Waals surface area (Å²) in [4.78, 5) is 35.7. The number of amides is 1. The van der Waals surface area contributed by atoms with Crippen molar-refractivity contribution in [2.45, 2.75) is 13.0 Å².